The van der Waals surface area contributed by atoms with Gasteiger partial charge in [-0.1, -0.05) is 36.4 Å². The summed E-state index contributed by atoms with van der Waals surface area (Å²) in [5, 5.41) is 3.13. The number of hydrogen-bond acceptors (Lipinski definition) is 1. The molecule has 0 atom stereocenters. The van der Waals surface area contributed by atoms with Gasteiger partial charge < -0.3 is 5.32 Å². The van der Waals surface area contributed by atoms with Gasteiger partial charge in [0.2, 0.25) is 0 Å². The van der Waals surface area contributed by atoms with E-state index < -0.39 is 0 Å². The predicted octanol–water partition coefficient (Wildman–Crippen LogP) is 2.66. The largest absolute Gasteiger partial charge is 0.316 e. The number of hydrogen-bond donors (Lipinski definition) is 1. The summed E-state index contributed by atoms with van der Waals surface area (Å²) < 4.78 is 0. The number of alkyl halides is 1. The molecule has 1 rings (SSSR count). The van der Waals surface area contributed by atoms with Crippen LogP contribution in [-0.2, 0) is 6.54 Å². The van der Waals surface area contributed by atoms with Gasteiger partial charge in [0.15, 0.2) is 0 Å². The molecule has 0 fully saturated rings. The molecule has 70 valence electrons. The fourth-order valence-electron chi connectivity index (χ4n) is 1.22. The summed E-state index contributed by atoms with van der Waals surface area (Å²) in [6, 6.07) is 8.29. The third kappa shape index (κ3) is 3.21. The van der Waals surface area contributed by atoms with E-state index in [0.29, 0.717) is 5.88 Å². The van der Waals surface area contributed by atoms with Crippen molar-refractivity contribution in [2.75, 3.05) is 12.9 Å². The molecule has 0 bridgehead atoms. The third-order valence-electron chi connectivity index (χ3n) is 1.81. The van der Waals surface area contributed by atoms with E-state index in [4.69, 9.17) is 11.6 Å². The average molecular weight is 196 g/mol. The van der Waals surface area contributed by atoms with E-state index in [9.17, 15) is 0 Å². The summed E-state index contributed by atoms with van der Waals surface area (Å²) in [4.78, 5) is 0. The number of benzene rings is 1. The summed E-state index contributed by atoms with van der Waals surface area (Å²) in [5.74, 6) is 0.563. The van der Waals surface area contributed by atoms with Crippen LogP contribution in [0.15, 0.2) is 30.3 Å². The van der Waals surface area contributed by atoms with Crippen LogP contribution in [0.1, 0.15) is 11.1 Å². The molecule has 0 saturated heterocycles. The first-order valence-electron chi connectivity index (χ1n) is 4.33. The molecule has 0 unspecified atom stereocenters. The zero-order valence-corrected chi connectivity index (χ0v) is 8.51. The average Bonchev–Trinajstić information content (AvgIpc) is 2.17. The van der Waals surface area contributed by atoms with Crippen molar-refractivity contribution in [1.82, 2.24) is 5.32 Å². The molecule has 0 radical (unpaired) electrons. The van der Waals surface area contributed by atoms with Crippen LogP contribution >= 0.6 is 11.6 Å². The summed E-state index contributed by atoms with van der Waals surface area (Å²) >= 11 is 5.58. The molecule has 1 aromatic carbocycles. The lowest BCUT2D eigenvalue weighted by Crippen LogP contribution is -2.06. The van der Waals surface area contributed by atoms with Crippen LogP contribution in [0.25, 0.3) is 6.08 Å². The Morgan fingerprint density at radius 3 is 2.85 bits per heavy atom. The van der Waals surface area contributed by atoms with Crippen LogP contribution in [0.2, 0.25) is 0 Å². The Kier molecular flexibility index (Phi) is 4.58. The lowest BCUT2D eigenvalue weighted by atomic mass is 10.1. The van der Waals surface area contributed by atoms with Crippen LogP contribution < -0.4 is 5.32 Å². The van der Waals surface area contributed by atoms with Gasteiger partial charge in [-0.05, 0) is 18.2 Å². The lowest BCUT2D eigenvalue weighted by molar-refractivity contribution is 0.816. The monoisotopic (exact) mass is 195 g/mol. The Balaban J connectivity index is 2.84. The van der Waals surface area contributed by atoms with Gasteiger partial charge in [0.05, 0.1) is 0 Å². The van der Waals surface area contributed by atoms with Crippen molar-refractivity contribution >= 4 is 17.7 Å². The maximum atomic E-state index is 5.58. The van der Waals surface area contributed by atoms with Gasteiger partial charge in [0, 0.05) is 12.4 Å². The van der Waals surface area contributed by atoms with E-state index >= 15 is 0 Å². The van der Waals surface area contributed by atoms with Crippen molar-refractivity contribution in [3.63, 3.8) is 0 Å². The van der Waals surface area contributed by atoms with Gasteiger partial charge >= 0.3 is 0 Å². The van der Waals surface area contributed by atoms with E-state index in [1.54, 1.807) is 0 Å². The zero-order valence-electron chi connectivity index (χ0n) is 7.76. The highest BCUT2D eigenvalue weighted by Crippen LogP contribution is 2.10. The molecule has 2 heteroatoms. The van der Waals surface area contributed by atoms with Crippen LogP contribution in [0.5, 0.6) is 0 Å². The topological polar surface area (TPSA) is 12.0 Å². The second-order valence-electron chi connectivity index (χ2n) is 2.79. The van der Waals surface area contributed by atoms with E-state index in [-0.39, 0.29) is 0 Å². The number of rotatable bonds is 4. The normalized spacial score (nSPS) is 10.9. The van der Waals surface area contributed by atoms with Crippen molar-refractivity contribution in [3.05, 3.63) is 41.5 Å². The minimum absolute atomic E-state index is 0.563. The first-order chi connectivity index (χ1) is 6.38. The third-order valence-corrected chi connectivity index (χ3v) is 1.99. The Hall–Kier alpha value is -0.790. The molecule has 1 aromatic rings. The molecular formula is C11H14ClN. The quantitative estimate of drug-likeness (QED) is 0.729. The number of nitrogens with one attached hydrogen (secondary N) is 1. The van der Waals surface area contributed by atoms with E-state index in [1.165, 1.54) is 11.1 Å². The highest BCUT2D eigenvalue weighted by molar-refractivity contribution is 6.19. The molecule has 0 spiro atoms. The fraction of sp³-hybridized carbons (Fsp3) is 0.273. The molecule has 1 nitrogen and oxygen atoms in total. The SMILES string of the molecule is CNCc1ccccc1C=CCCl. The fourth-order valence-corrected chi connectivity index (χ4v) is 1.31. The van der Waals surface area contributed by atoms with E-state index in [1.807, 2.05) is 25.3 Å². The molecular weight excluding hydrogens is 182 g/mol. The zero-order chi connectivity index (χ0) is 9.52. The Morgan fingerprint density at radius 2 is 2.15 bits per heavy atom. The molecule has 0 saturated carbocycles. The second kappa shape index (κ2) is 5.79. The van der Waals surface area contributed by atoms with E-state index in [2.05, 4.69) is 23.5 Å². The number of halogens is 1. The Bertz CT molecular complexity index is 281. The van der Waals surface area contributed by atoms with Crippen molar-refractivity contribution in [2.24, 2.45) is 0 Å². The Morgan fingerprint density at radius 1 is 1.38 bits per heavy atom. The van der Waals surface area contributed by atoms with Crippen LogP contribution in [0, 0.1) is 0 Å². The maximum Gasteiger partial charge on any atom is 0.0407 e. The first-order valence-corrected chi connectivity index (χ1v) is 4.87. The molecule has 0 aromatic heterocycles. The minimum Gasteiger partial charge on any atom is -0.316 e. The molecule has 0 heterocycles. The van der Waals surface area contributed by atoms with Gasteiger partial charge in [-0.15, -0.1) is 11.6 Å². The molecule has 0 aliphatic rings. The smallest absolute Gasteiger partial charge is 0.0407 e. The summed E-state index contributed by atoms with van der Waals surface area (Å²) in [7, 11) is 1.95. The van der Waals surface area contributed by atoms with Crippen molar-refractivity contribution < 1.29 is 0 Å². The summed E-state index contributed by atoms with van der Waals surface area (Å²) in [6.07, 6.45) is 4.01. The molecule has 0 amide bonds. The Labute approximate surface area is 84.4 Å². The predicted molar refractivity (Wildman–Crippen MR) is 59.0 cm³/mol. The van der Waals surface area contributed by atoms with Gasteiger partial charge in [0.1, 0.15) is 0 Å². The highest BCUT2D eigenvalue weighted by Gasteiger charge is 1.95. The van der Waals surface area contributed by atoms with Crippen molar-refractivity contribution in [2.45, 2.75) is 6.54 Å². The second-order valence-corrected chi connectivity index (χ2v) is 3.09. The van der Waals surface area contributed by atoms with Crippen LogP contribution in [0.4, 0.5) is 0 Å². The van der Waals surface area contributed by atoms with Crippen molar-refractivity contribution in [3.8, 4) is 0 Å². The van der Waals surface area contributed by atoms with Crippen molar-refractivity contribution in [1.29, 1.82) is 0 Å². The van der Waals surface area contributed by atoms with Gasteiger partial charge in [-0.25, -0.2) is 0 Å². The standard InChI is InChI=1S/C11H14ClN/c1-13-9-11-6-3-2-5-10(11)7-4-8-12/h2-7,13H,8-9H2,1H3. The molecule has 1 N–H and O–H groups in total. The minimum atomic E-state index is 0.563. The molecule has 0 aliphatic heterocycles. The van der Waals surface area contributed by atoms with Crippen LogP contribution in [-0.4, -0.2) is 12.9 Å². The first kappa shape index (κ1) is 10.3. The molecule has 13 heavy (non-hydrogen) atoms. The van der Waals surface area contributed by atoms with Gasteiger partial charge in [0.25, 0.3) is 0 Å². The molecule has 0 aliphatic carbocycles. The lowest BCUT2D eigenvalue weighted by Gasteiger charge is -2.03. The van der Waals surface area contributed by atoms with Gasteiger partial charge in [-0.2, -0.15) is 0 Å². The summed E-state index contributed by atoms with van der Waals surface area (Å²) in [5.41, 5.74) is 2.53. The number of allylic oxidation sites excluding steroid dienone is 1. The summed E-state index contributed by atoms with van der Waals surface area (Å²) in [6.45, 7) is 0.892. The maximum absolute atomic E-state index is 5.58. The highest BCUT2D eigenvalue weighted by atomic mass is 35.5. The van der Waals surface area contributed by atoms with Gasteiger partial charge in [-0.3, -0.25) is 0 Å². The van der Waals surface area contributed by atoms with E-state index in [0.717, 1.165) is 6.54 Å². The van der Waals surface area contributed by atoms with Crippen LogP contribution in [0.3, 0.4) is 0 Å².